The molecule has 4 N–H and O–H groups in total. The summed E-state index contributed by atoms with van der Waals surface area (Å²) >= 11 is 0. The van der Waals surface area contributed by atoms with Gasteiger partial charge in [-0.2, -0.15) is 0 Å². The summed E-state index contributed by atoms with van der Waals surface area (Å²) in [5, 5.41) is 22.2. The zero-order valence-corrected chi connectivity index (χ0v) is 10.2. The lowest BCUT2D eigenvalue weighted by atomic mass is 10.4. The SMILES string of the molecule is Cn1c(N)c(N=C(C=NO)C=NO)c(=O)n(C)c1=O. The molecule has 0 atom stereocenters. The van der Waals surface area contributed by atoms with E-state index in [2.05, 4.69) is 15.3 Å². The second kappa shape index (κ2) is 5.62. The van der Waals surface area contributed by atoms with E-state index in [0.717, 1.165) is 21.6 Å². The first-order valence-corrected chi connectivity index (χ1v) is 4.93. The second-order valence-electron chi connectivity index (χ2n) is 3.47. The van der Waals surface area contributed by atoms with Gasteiger partial charge in [-0.1, -0.05) is 10.3 Å². The summed E-state index contributed by atoms with van der Waals surface area (Å²) in [5.74, 6) is -0.164. The predicted octanol–water partition coefficient (Wildman–Crippen LogP) is -1.34. The van der Waals surface area contributed by atoms with E-state index in [-0.39, 0.29) is 17.2 Å². The number of nitrogens with two attached hydrogens (primary N) is 1. The van der Waals surface area contributed by atoms with E-state index in [4.69, 9.17) is 16.1 Å². The van der Waals surface area contributed by atoms with Crippen molar-refractivity contribution in [2.75, 3.05) is 5.73 Å². The first-order valence-electron chi connectivity index (χ1n) is 4.93. The van der Waals surface area contributed by atoms with Crippen molar-refractivity contribution >= 4 is 29.6 Å². The van der Waals surface area contributed by atoms with Gasteiger partial charge in [0.25, 0.3) is 5.56 Å². The Labute approximate surface area is 106 Å². The lowest BCUT2D eigenvalue weighted by Gasteiger charge is -2.08. The Morgan fingerprint density at radius 3 is 2.16 bits per heavy atom. The van der Waals surface area contributed by atoms with Crippen LogP contribution in [0.4, 0.5) is 11.5 Å². The van der Waals surface area contributed by atoms with E-state index in [0.29, 0.717) is 0 Å². The van der Waals surface area contributed by atoms with Crippen molar-refractivity contribution in [3.63, 3.8) is 0 Å². The Balaban J connectivity index is 3.65. The minimum atomic E-state index is -0.726. The van der Waals surface area contributed by atoms with E-state index in [1.54, 1.807) is 0 Å². The van der Waals surface area contributed by atoms with Gasteiger partial charge in [-0.05, 0) is 0 Å². The van der Waals surface area contributed by atoms with Crippen molar-refractivity contribution in [2.45, 2.75) is 0 Å². The number of nitrogen functional groups attached to an aromatic ring is 1. The van der Waals surface area contributed by atoms with Crippen molar-refractivity contribution in [3.8, 4) is 0 Å². The van der Waals surface area contributed by atoms with Crippen LogP contribution in [0.15, 0.2) is 24.9 Å². The lowest BCUT2D eigenvalue weighted by molar-refractivity contribution is 0.321. The summed E-state index contributed by atoms with van der Waals surface area (Å²) in [6.45, 7) is 0. The molecule has 10 heteroatoms. The minimum absolute atomic E-state index is 0.132. The Kier molecular flexibility index (Phi) is 4.19. The summed E-state index contributed by atoms with van der Waals surface area (Å²) in [5.41, 5.74) is 3.93. The third kappa shape index (κ3) is 2.68. The number of hydrogen-bond acceptors (Lipinski definition) is 8. The topological polar surface area (TPSA) is 148 Å². The number of aliphatic imine (C=N–C) groups is 1. The van der Waals surface area contributed by atoms with E-state index in [1.165, 1.54) is 14.1 Å². The van der Waals surface area contributed by atoms with Crippen molar-refractivity contribution in [2.24, 2.45) is 29.4 Å². The van der Waals surface area contributed by atoms with Gasteiger partial charge in [0, 0.05) is 14.1 Å². The Bertz CT molecular complexity index is 667. The highest BCUT2D eigenvalue weighted by molar-refractivity contribution is 6.56. The monoisotopic (exact) mass is 268 g/mol. The Morgan fingerprint density at radius 2 is 1.68 bits per heavy atom. The van der Waals surface area contributed by atoms with Gasteiger partial charge in [-0.25, -0.2) is 9.79 Å². The van der Waals surface area contributed by atoms with Gasteiger partial charge in [0.2, 0.25) is 0 Å². The zero-order valence-electron chi connectivity index (χ0n) is 10.2. The average Bonchev–Trinajstić information content (AvgIpc) is 2.39. The zero-order chi connectivity index (χ0) is 14.6. The van der Waals surface area contributed by atoms with Crippen LogP contribution in [0.2, 0.25) is 0 Å². The summed E-state index contributed by atoms with van der Waals surface area (Å²) in [6.07, 6.45) is 1.67. The highest BCUT2D eigenvalue weighted by Crippen LogP contribution is 2.13. The maximum Gasteiger partial charge on any atom is 0.332 e. The average molecular weight is 268 g/mol. The number of oxime groups is 2. The van der Waals surface area contributed by atoms with Crippen molar-refractivity contribution < 1.29 is 10.4 Å². The van der Waals surface area contributed by atoms with Crippen LogP contribution in [-0.4, -0.2) is 37.7 Å². The van der Waals surface area contributed by atoms with Crippen LogP contribution < -0.4 is 17.0 Å². The Morgan fingerprint density at radius 1 is 1.16 bits per heavy atom. The molecule has 0 saturated carbocycles. The molecule has 1 aromatic rings. The summed E-state index contributed by atoms with van der Waals surface area (Å²) in [4.78, 5) is 27.2. The fraction of sp³-hybridized carbons (Fsp3) is 0.222. The molecule has 0 aliphatic carbocycles. The number of nitrogens with zero attached hydrogens (tertiary/aromatic N) is 5. The molecule has 1 rings (SSSR count). The van der Waals surface area contributed by atoms with E-state index in [9.17, 15) is 9.59 Å². The van der Waals surface area contributed by atoms with Gasteiger partial charge in [0.15, 0.2) is 5.69 Å². The molecule has 0 aliphatic rings. The minimum Gasteiger partial charge on any atom is -0.411 e. The third-order valence-corrected chi connectivity index (χ3v) is 2.31. The highest BCUT2D eigenvalue weighted by Gasteiger charge is 2.12. The van der Waals surface area contributed by atoms with Crippen LogP contribution >= 0.6 is 0 Å². The number of anilines is 1. The van der Waals surface area contributed by atoms with E-state index in [1.807, 2.05) is 0 Å². The van der Waals surface area contributed by atoms with Crippen LogP contribution in [0.5, 0.6) is 0 Å². The molecular weight excluding hydrogens is 256 g/mol. The first-order chi connectivity index (χ1) is 8.93. The molecular formula is C9H12N6O4. The van der Waals surface area contributed by atoms with Gasteiger partial charge in [0.05, 0.1) is 12.4 Å². The van der Waals surface area contributed by atoms with Gasteiger partial charge in [0.1, 0.15) is 11.5 Å². The molecule has 0 radical (unpaired) electrons. The number of rotatable bonds is 3. The van der Waals surface area contributed by atoms with E-state index < -0.39 is 11.2 Å². The van der Waals surface area contributed by atoms with Crippen molar-refractivity contribution in [1.82, 2.24) is 9.13 Å². The molecule has 0 aromatic carbocycles. The van der Waals surface area contributed by atoms with Crippen LogP contribution in [0.3, 0.4) is 0 Å². The highest BCUT2D eigenvalue weighted by atomic mass is 16.4. The third-order valence-electron chi connectivity index (χ3n) is 2.31. The van der Waals surface area contributed by atoms with Gasteiger partial charge >= 0.3 is 5.69 Å². The number of aromatic nitrogens is 2. The van der Waals surface area contributed by atoms with Crippen LogP contribution in [0.25, 0.3) is 0 Å². The molecule has 0 saturated heterocycles. The molecule has 0 spiro atoms. The summed E-state index contributed by atoms with van der Waals surface area (Å²) in [6, 6.07) is 0. The molecule has 0 amide bonds. The fourth-order valence-electron chi connectivity index (χ4n) is 1.29. The molecule has 1 aromatic heterocycles. The fourth-order valence-corrected chi connectivity index (χ4v) is 1.29. The van der Waals surface area contributed by atoms with Crippen molar-refractivity contribution in [1.29, 1.82) is 0 Å². The molecule has 1 heterocycles. The van der Waals surface area contributed by atoms with Gasteiger partial charge < -0.3 is 16.1 Å². The largest absolute Gasteiger partial charge is 0.411 e. The van der Waals surface area contributed by atoms with Crippen molar-refractivity contribution in [3.05, 3.63) is 20.8 Å². The lowest BCUT2D eigenvalue weighted by Crippen LogP contribution is -2.38. The quantitative estimate of drug-likeness (QED) is 0.352. The normalized spacial score (nSPS) is 11.3. The second-order valence-corrected chi connectivity index (χ2v) is 3.47. The number of hydrogen-bond donors (Lipinski definition) is 3. The van der Waals surface area contributed by atoms with Crippen LogP contribution in [-0.2, 0) is 14.1 Å². The molecule has 0 aliphatic heterocycles. The Hall–Kier alpha value is -2.91. The molecule has 102 valence electrons. The van der Waals surface area contributed by atoms with Gasteiger partial charge in [-0.15, -0.1) is 0 Å². The maximum atomic E-state index is 11.9. The van der Waals surface area contributed by atoms with Gasteiger partial charge in [-0.3, -0.25) is 13.9 Å². The van der Waals surface area contributed by atoms with Crippen LogP contribution in [0.1, 0.15) is 0 Å². The first kappa shape index (κ1) is 14.2. The predicted molar refractivity (Wildman–Crippen MR) is 69.0 cm³/mol. The maximum absolute atomic E-state index is 11.9. The van der Waals surface area contributed by atoms with E-state index >= 15 is 0 Å². The molecule has 19 heavy (non-hydrogen) atoms. The summed E-state index contributed by atoms with van der Waals surface area (Å²) < 4.78 is 1.85. The molecule has 0 unspecified atom stereocenters. The standard InChI is InChI=1S/C9H12N6O4/c1-14-7(10)6(8(16)15(2)9(14)17)13-5(3-11-18)4-12-19/h3-4,18-19H,10H2,1-2H3. The summed E-state index contributed by atoms with van der Waals surface area (Å²) in [7, 11) is 2.64. The van der Waals surface area contributed by atoms with Crippen LogP contribution in [0, 0.1) is 0 Å². The molecule has 10 nitrogen and oxygen atoms in total. The molecule has 0 bridgehead atoms. The molecule has 0 fully saturated rings. The smallest absolute Gasteiger partial charge is 0.332 e.